The predicted octanol–water partition coefficient (Wildman–Crippen LogP) is -1.32. The number of ether oxygens (including phenoxy) is 2. The van der Waals surface area contributed by atoms with Gasteiger partial charge in [-0.3, -0.25) is 10.6 Å². The Morgan fingerprint density at radius 1 is 1.16 bits per heavy atom. The van der Waals surface area contributed by atoms with Crippen molar-refractivity contribution < 1.29 is 14.3 Å². The molecule has 0 spiro atoms. The van der Waals surface area contributed by atoms with Crippen LogP contribution >= 0.6 is 0 Å². The number of hydrogen-bond acceptors (Lipinski definition) is 6. The molecule has 1 fully saturated rings. The zero-order chi connectivity index (χ0) is 13.9. The Balaban J connectivity index is 1.93. The Hall–Kier alpha value is -0.730. The highest BCUT2D eigenvalue weighted by molar-refractivity contribution is 5.78. The lowest BCUT2D eigenvalue weighted by molar-refractivity contribution is -0.126. The molecule has 19 heavy (non-hydrogen) atoms. The first-order valence-electron chi connectivity index (χ1n) is 6.87. The summed E-state index contributed by atoms with van der Waals surface area (Å²) < 4.78 is 10.5. The maximum absolute atomic E-state index is 11.8. The van der Waals surface area contributed by atoms with Crippen molar-refractivity contribution in [1.82, 2.24) is 10.3 Å². The molecule has 1 rings (SSSR count). The van der Waals surface area contributed by atoms with Crippen LogP contribution in [0.5, 0.6) is 0 Å². The summed E-state index contributed by atoms with van der Waals surface area (Å²) in [5, 5.41) is 4.64. The summed E-state index contributed by atoms with van der Waals surface area (Å²) in [7, 11) is 0. The maximum atomic E-state index is 11.8. The molecule has 0 radical (unpaired) electrons. The van der Waals surface area contributed by atoms with Gasteiger partial charge in [-0.1, -0.05) is 0 Å². The van der Waals surface area contributed by atoms with Crippen molar-refractivity contribution >= 4 is 5.91 Å². The summed E-state index contributed by atoms with van der Waals surface area (Å²) in [5.41, 5.74) is 5.28. The van der Waals surface area contributed by atoms with E-state index < -0.39 is 0 Å². The number of nitrogens with two attached hydrogens (primary N) is 2. The number of nitrogens with one attached hydrogen (secondary N) is 1. The van der Waals surface area contributed by atoms with Gasteiger partial charge < -0.3 is 20.5 Å². The topological polar surface area (TPSA) is 103 Å². The van der Waals surface area contributed by atoms with Crippen molar-refractivity contribution in [2.45, 2.75) is 12.8 Å². The zero-order valence-electron chi connectivity index (χ0n) is 11.5. The number of amides is 1. The van der Waals surface area contributed by atoms with Gasteiger partial charge in [0.2, 0.25) is 5.91 Å². The third-order valence-electron chi connectivity index (χ3n) is 3.08. The van der Waals surface area contributed by atoms with Gasteiger partial charge in [0.25, 0.3) is 0 Å². The molecule has 1 aliphatic rings. The van der Waals surface area contributed by atoms with Crippen molar-refractivity contribution in [2.24, 2.45) is 17.5 Å². The summed E-state index contributed by atoms with van der Waals surface area (Å²) in [6.45, 7) is 4.77. The highest BCUT2D eigenvalue weighted by atomic mass is 16.5. The molecule has 0 bridgehead atoms. The summed E-state index contributed by atoms with van der Waals surface area (Å²) >= 11 is 0. The van der Waals surface area contributed by atoms with Crippen molar-refractivity contribution in [2.75, 3.05) is 52.6 Å². The lowest BCUT2D eigenvalue weighted by Crippen LogP contribution is -2.44. The number of piperidine rings is 1. The zero-order valence-corrected chi connectivity index (χ0v) is 11.5. The number of hydrogen-bond donors (Lipinski definition) is 3. The fraction of sp³-hybridized carbons (Fsp3) is 0.917. The first-order valence-corrected chi connectivity index (χ1v) is 6.87. The summed E-state index contributed by atoms with van der Waals surface area (Å²) in [5.74, 6) is 5.85. The van der Waals surface area contributed by atoms with E-state index in [4.69, 9.17) is 21.1 Å². The fourth-order valence-electron chi connectivity index (χ4n) is 1.96. The minimum Gasteiger partial charge on any atom is -0.378 e. The monoisotopic (exact) mass is 274 g/mol. The Morgan fingerprint density at radius 2 is 1.79 bits per heavy atom. The number of nitrogens with zero attached hydrogens (tertiary/aromatic N) is 1. The fourth-order valence-corrected chi connectivity index (χ4v) is 1.96. The molecule has 112 valence electrons. The van der Waals surface area contributed by atoms with Gasteiger partial charge in [0.15, 0.2) is 0 Å². The molecular formula is C12H26N4O3. The molecule has 0 saturated carbocycles. The van der Waals surface area contributed by atoms with Crippen LogP contribution in [0.2, 0.25) is 0 Å². The van der Waals surface area contributed by atoms with Gasteiger partial charge in [0.1, 0.15) is 0 Å². The predicted molar refractivity (Wildman–Crippen MR) is 72.2 cm³/mol. The smallest absolute Gasteiger partial charge is 0.223 e. The summed E-state index contributed by atoms with van der Waals surface area (Å²) in [6, 6.07) is 0. The van der Waals surface area contributed by atoms with E-state index in [0.717, 1.165) is 25.9 Å². The highest BCUT2D eigenvalue weighted by Gasteiger charge is 2.22. The highest BCUT2D eigenvalue weighted by Crippen LogP contribution is 2.14. The molecule has 1 amide bonds. The maximum Gasteiger partial charge on any atom is 0.223 e. The summed E-state index contributed by atoms with van der Waals surface area (Å²) in [4.78, 5) is 11.8. The molecular weight excluding hydrogens is 248 g/mol. The Morgan fingerprint density at radius 3 is 2.42 bits per heavy atom. The van der Waals surface area contributed by atoms with Crippen LogP contribution in [0.3, 0.4) is 0 Å². The molecule has 0 aromatic carbocycles. The van der Waals surface area contributed by atoms with Crippen LogP contribution in [0.25, 0.3) is 0 Å². The number of hydrazine groups is 1. The van der Waals surface area contributed by atoms with Gasteiger partial charge in [-0.25, -0.2) is 5.01 Å². The molecule has 7 heteroatoms. The van der Waals surface area contributed by atoms with Crippen molar-refractivity contribution in [3.63, 3.8) is 0 Å². The van der Waals surface area contributed by atoms with Gasteiger partial charge in [0, 0.05) is 32.1 Å². The quantitative estimate of drug-likeness (QED) is 0.356. The van der Waals surface area contributed by atoms with E-state index in [1.165, 1.54) is 0 Å². The lowest BCUT2D eigenvalue weighted by Gasteiger charge is -2.27. The first-order chi connectivity index (χ1) is 9.24. The van der Waals surface area contributed by atoms with Crippen molar-refractivity contribution in [3.05, 3.63) is 0 Å². The average Bonchev–Trinajstić information content (AvgIpc) is 2.42. The van der Waals surface area contributed by atoms with Gasteiger partial charge in [0.05, 0.1) is 26.4 Å². The van der Waals surface area contributed by atoms with Crippen LogP contribution in [-0.2, 0) is 14.3 Å². The van der Waals surface area contributed by atoms with E-state index in [1.807, 2.05) is 0 Å². The third-order valence-corrected chi connectivity index (χ3v) is 3.08. The second kappa shape index (κ2) is 10.1. The SMILES string of the molecule is NCCOCCOCCNC(=O)C1CCN(N)CC1. The Bertz CT molecular complexity index is 245. The van der Waals surface area contributed by atoms with Crippen LogP contribution in [0.15, 0.2) is 0 Å². The molecule has 7 nitrogen and oxygen atoms in total. The van der Waals surface area contributed by atoms with E-state index in [0.29, 0.717) is 39.5 Å². The number of carbonyl (C=O) groups excluding carboxylic acids is 1. The average molecular weight is 274 g/mol. The molecule has 1 saturated heterocycles. The third kappa shape index (κ3) is 7.44. The van der Waals surface area contributed by atoms with Gasteiger partial charge in [-0.15, -0.1) is 0 Å². The van der Waals surface area contributed by atoms with Crippen LogP contribution in [0.1, 0.15) is 12.8 Å². The van der Waals surface area contributed by atoms with Crippen LogP contribution < -0.4 is 16.9 Å². The molecule has 0 aromatic rings. The van der Waals surface area contributed by atoms with Gasteiger partial charge in [-0.2, -0.15) is 0 Å². The lowest BCUT2D eigenvalue weighted by atomic mass is 9.97. The van der Waals surface area contributed by atoms with E-state index in [2.05, 4.69) is 5.32 Å². The number of rotatable bonds is 9. The second-order valence-corrected chi connectivity index (χ2v) is 4.61. The largest absolute Gasteiger partial charge is 0.378 e. The summed E-state index contributed by atoms with van der Waals surface area (Å²) in [6.07, 6.45) is 1.66. The van der Waals surface area contributed by atoms with Gasteiger partial charge >= 0.3 is 0 Å². The molecule has 0 aromatic heterocycles. The van der Waals surface area contributed by atoms with Crippen molar-refractivity contribution in [1.29, 1.82) is 0 Å². The van der Waals surface area contributed by atoms with Crippen LogP contribution in [-0.4, -0.2) is 63.5 Å². The standard InChI is InChI=1S/C12H26N4O3/c13-3-7-18-9-10-19-8-4-15-12(17)11-1-5-16(14)6-2-11/h11H,1-10,13-14H2,(H,15,17). The minimum absolute atomic E-state index is 0.0905. The number of carbonyl (C=O) groups is 1. The molecule has 0 atom stereocenters. The van der Waals surface area contributed by atoms with E-state index in [1.54, 1.807) is 5.01 Å². The normalized spacial score (nSPS) is 17.6. The molecule has 1 aliphatic heterocycles. The molecule has 1 heterocycles. The van der Waals surface area contributed by atoms with Gasteiger partial charge in [-0.05, 0) is 12.8 Å². The first kappa shape index (κ1) is 16.3. The Labute approximate surface area is 114 Å². The second-order valence-electron chi connectivity index (χ2n) is 4.61. The van der Waals surface area contributed by atoms with E-state index >= 15 is 0 Å². The van der Waals surface area contributed by atoms with Crippen molar-refractivity contribution in [3.8, 4) is 0 Å². The molecule has 0 unspecified atom stereocenters. The van der Waals surface area contributed by atoms with E-state index in [9.17, 15) is 4.79 Å². The van der Waals surface area contributed by atoms with Crippen LogP contribution in [0, 0.1) is 5.92 Å². The Kier molecular flexibility index (Phi) is 8.68. The van der Waals surface area contributed by atoms with Crippen LogP contribution in [0.4, 0.5) is 0 Å². The molecule has 5 N–H and O–H groups in total. The minimum atomic E-state index is 0.0905. The molecule has 0 aliphatic carbocycles. The van der Waals surface area contributed by atoms with E-state index in [-0.39, 0.29) is 11.8 Å².